The lowest BCUT2D eigenvalue weighted by Gasteiger charge is -2.32. The molecule has 0 aromatic heterocycles. The summed E-state index contributed by atoms with van der Waals surface area (Å²) >= 11 is 1.54. The number of ether oxygens (including phenoxy) is 2. The van der Waals surface area contributed by atoms with Crippen LogP contribution in [0.1, 0.15) is 0 Å². The van der Waals surface area contributed by atoms with Crippen LogP contribution in [0.2, 0.25) is 0 Å². The number of thioether (sulfide) groups is 1. The average Bonchev–Trinajstić information content (AvgIpc) is 2.52. The molecule has 2 rings (SSSR count). The van der Waals surface area contributed by atoms with Crippen LogP contribution in [0.25, 0.3) is 0 Å². The highest BCUT2D eigenvalue weighted by atomic mass is 32.2. The second kappa shape index (κ2) is 7.21. The van der Waals surface area contributed by atoms with Crippen LogP contribution in [0.3, 0.4) is 0 Å². The van der Waals surface area contributed by atoms with E-state index in [9.17, 15) is 9.59 Å². The molecule has 0 saturated carbocycles. The van der Waals surface area contributed by atoms with Gasteiger partial charge in [0, 0.05) is 18.1 Å². The van der Waals surface area contributed by atoms with Gasteiger partial charge in [-0.15, -0.1) is 0 Å². The number of nitrogens with zero attached hydrogens (tertiary/aromatic N) is 1. The van der Waals surface area contributed by atoms with Gasteiger partial charge in [-0.1, -0.05) is 12.1 Å². The van der Waals surface area contributed by atoms with Gasteiger partial charge in [0.2, 0.25) is 0 Å². The van der Waals surface area contributed by atoms with Gasteiger partial charge in [0.05, 0.1) is 7.11 Å². The van der Waals surface area contributed by atoms with Crippen molar-refractivity contribution in [3.8, 4) is 11.5 Å². The van der Waals surface area contributed by atoms with Crippen LogP contribution in [0, 0.1) is 0 Å². The second-order valence-corrected chi connectivity index (χ2v) is 5.61. The number of rotatable bonds is 5. The molecule has 0 bridgehead atoms. The topological polar surface area (TPSA) is 76.1 Å². The van der Waals surface area contributed by atoms with Gasteiger partial charge >= 0.3 is 5.97 Å². The number of carbonyl (C=O) groups excluding carboxylic acids is 1. The summed E-state index contributed by atoms with van der Waals surface area (Å²) in [6.07, 6.45) is 0. The molecule has 1 fully saturated rings. The molecule has 0 spiro atoms. The molecule has 1 heterocycles. The highest BCUT2D eigenvalue weighted by Gasteiger charge is 2.32. The van der Waals surface area contributed by atoms with E-state index in [2.05, 4.69) is 0 Å². The second-order valence-electron chi connectivity index (χ2n) is 4.46. The van der Waals surface area contributed by atoms with E-state index in [0.29, 0.717) is 23.8 Å². The minimum absolute atomic E-state index is 0.200. The first-order valence-electron chi connectivity index (χ1n) is 6.49. The first kappa shape index (κ1) is 15.5. The molecular formula is C14H17NO5S. The maximum absolute atomic E-state index is 12.2. The first-order chi connectivity index (χ1) is 10.1. The maximum atomic E-state index is 12.2. The fourth-order valence-corrected chi connectivity index (χ4v) is 3.11. The number of para-hydroxylation sites is 2. The Balaban J connectivity index is 1.99. The number of carbonyl (C=O) groups is 2. The highest BCUT2D eigenvalue weighted by molar-refractivity contribution is 7.99. The van der Waals surface area contributed by atoms with E-state index in [1.165, 1.54) is 23.8 Å². The van der Waals surface area contributed by atoms with Gasteiger partial charge < -0.3 is 19.5 Å². The lowest BCUT2D eigenvalue weighted by atomic mass is 10.2. The normalized spacial score (nSPS) is 18.1. The molecule has 1 aliphatic heterocycles. The van der Waals surface area contributed by atoms with Crippen LogP contribution < -0.4 is 9.47 Å². The van der Waals surface area contributed by atoms with Crippen LogP contribution in [-0.2, 0) is 9.59 Å². The van der Waals surface area contributed by atoms with Gasteiger partial charge in [0.15, 0.2) is 18.1 Å². The Morgan fingerprint density at radius 2 is 2.10 bits per heavy atom. The van der Waals surface area contributed by atoms with Crippen LogP contribution in [0.15, 0.2) is 24.3 Å². The molecule has 1 aliphatic rings. The molecule has 1 saturated heterocycles. The molecule has 1 amide bonds. The Hall–Kier alpha value is -1.89. The lowest BCUT2D eigenvalue weighted by Crippen LogP contribution is -2.51. The largest absolute Gasteiger partial charge is 0.493 e. The van der Waals surface area contributed by atoms with E-state index in [1.54, 1.807) is 24.3 Å². The van der Waals surface area contributed by atoms with E-state index >= 15 is 0 Å². The van der Waals surface area contributed by atoms with Gasteiger partial charge in [0.1, 0.15) is 6.04 Å². The van der Waals surface area contributed by atoms with Crippen LogP contribution in [0.4, 0.5) is 0 Å². The molecule has 0 aliphatic carbocycles. The summed E-state index contributed by atoms with van der Waals surface area (Å²) in [4.78, 5) is 24.7. The van der Waals surface area contributed by atoms with Crippen molar-refractivity contribution in [2.45, 2.75) is 6.04 Å². The van der Waals surface area contributed by atoms with E-state index in [0.717, 1.165) is 5.75 Å². The van der Waals surface area contributed by atoms with Crippen LogP contribution in [0.5, 0.6) is 11.5 Å². The third-order valence-electron chi connectivity index (χ3n) is 3.15. The fourth-order valence-electron chi connectivity index (χ4n) is 2.07. The van der Waals surface area contributed by atoms with Crippen molar-refractivity contribution in [1.29, 1.82) is 0 Å². The molecule has 1 unspecified atom stereocenters. The third kappa shape index (κ3) is 3.81. The van der Waals surface area contributed by atoms with Crippen LogP contribution >= 0.6 is 11.8 Å². The average molecular weight is 311 g/mol. The molecule has 114 valence electrons. The first-order valence-corrected chi connectivity index (χ1v) is 7.64. The summed E-state index contributed by atoms with van der Waals surface area (Å²) in [5, 5.41) is 9.16. The molecule has 21 heavy (non-hydrogen) atoms. The predicted octanol–water partition coefficient (Wildman–Crippen LogP) is 1.10. The molecule has 1 atom stereocenters. The van der Waals surface area contributed by atoms with Crippen LogP contribution in [-0.4, -0.2) is 59.7 Å². The Bertz CT molecular complexity index is 522. The fraction of sp³-hybridized carbons (Fsp3) is 0.429. The SMILES string of the molecule is COc1ccccc1OCC(=O)N1CCSCC1C(=O)O. The van der Waals surface area contributed by atoms with Gasteiger partial charge in [-0.05, 0) is 12.1 Å². The van der Waals surface area contributed by atoms with Crippen molar-refractivity contribution in [3.63, 3.8) is 0 Å². The Morgan fingerprint density at radius 3 is 2.76 bits per heavy atom. The summed E-state index contributed by atoms with van der Waals surface area (Å²) in [7, 11) is 1.52. The number of hydrogen-bond donors (Lipinski definition) is 1. The third-order valence-corrected chi connectivity index (χ3v) is 4.18. The maximum Gasteiger partial charge on any atom is 0.327 e. The van der Waals surface area contributed by atoms with E-state index in [1.807, 2.05) is 0 Å². The van der Waals surface area contributed by atoms with E-state index in [4.69, 9.17) is 14.6 Å². The van der Waals surface area contributed by atoms with Crippen molar-refractivity contribution in [2.24, 2.45) is 0 Å². The van der Waals surface area contributed by atoms with Gasteiger partial charge in [-0.25, -0.2) is 4.79 Å². The number of hydrogen-bond acceptors (Lipinski definition) is 5. The smallest absolute Gasteiger partial charge is 0.327 e. The summed E-state index contributed by atoms with van der Waals surface area (Å²) < 4.78 is 10.6. The van der Waals surface area contributed by atoms with Crippen molar-refractivity contribution in [1.82, 2.24) is 4.90 Å². The number of carboxylic acid groups (broad SMARTS) is 1. The summed E-state index contributed by atoms with van der Waals surface area (Å²) in [6.45, 7) is 0.227. The zero-order valence-corrected chi connectivity index (χ0v) is 12.5. The molecular weight excluding hydrogens is 294 g/mol. The molecule has 1 aromatic rings. The minimum atomic E-state index is -0.979. The summed E-state index contributed by atoms with van der Waals surface area (Å²) in [5.74, 6) is 0.849. The molecule has 7 heteroatoms. The van der Waals surface area contributed by atoms with E-state index < -0.39 is 12.0 Å². The zero-order chi connectivity index (χ0) is 15.2. The number of methoxy groups -OCH3 is 1. The number of carboxylic acids is 1. The summed E-state index contributed by atoms with van der Waals surface area (Å²) in [5.41, 5.74) is 0. The van der Waals surface area contributed by atoms with Gasteiger partial charge in [-0.3, -0.25) is 4.79 Å². The highest BCUT2D eigenvalue weighted by Crippen LogP contribution is 2.26. The minimum Gasteiger partial charge on any atom is -0.493 e. The molecule has 1 N–H and O–H groups in total. The number of aliphatic carboxylic acids is 1. The zero-order valence-electron chi connectivity index (χ0n) is 11.7. The van der Waals surface area contributed by atoms with Crippen molar-refractivity contribution < 1.29 is 24.2 Å². The molecule has 1 aromatic carbocycles. The predicted molar refractivity (Wildman–Crippen MR) is 79.0 cm³/mol. The lowest BCUT2D eigenvalue weighted by molar-refractivity contribution is -0.150. The Labute approximate surface area is 127 Å². The molecule has 0 radical (unpaired) electrons. The van der Waals surface area contributed by atoms with Gasteiger partial charge in [0.25, 0.3) is 5.91 Å². The van der Waals surface area contributed by atoms with Crippen molar-refractivity contribution in [2.75, 3.05) is 31.8 Å². The Morgan fingerprint density at radius 1 is 1.38 bits per heavy atom. The van der Waals surface area contributed by atoms with Crippen molar-refractivity contribution >= 4 is 23.6 Å². The summed E-state index contributed by atoms with van der Waals surface area (Å²) in [6, 6.07) is 6.23. The monoisotopic (exact) mass is 311 g/mol. The molecule has 6 nitrogen and oxygen atoms in total. The number of amides is 1. The quantitative estimate of drug-likeness (QED) is 0.877. The number of benzene rings is 1. The standard InChI is InChI=1S/C14H17NO5S/c1-19-11-4-2-3-5-12(11)20-8-13(16)15-6-7-21-9-10(15)14(17)18/h2-5,10H,6-9H2,1H3,(H,17,18). The van der Waals surface area contributed by atoms with Gasteiger partial charge in [-0.2, -0.15) is 11.8 Å². The van der Waals surface area contributed by atoms with E-state index in [-0.39, 0.29) is 12.5 Å². The Kier molecular flexibility index (Phi) is 5.32. The van der Waals surface area contributed by atoms with Crippen molar-refractivity contribution in [3.05, 3.63) is 24.3 Å².